The average molecular weight is 471 g/mol. The third kappa shape index (κ3) is 8.46. The van der Waals surface area contributed by atoms with E-state index < -0.39 is 60.1 Å². The Balaban J connectivity index is 2.84. The molecule has 6 atom stereocenters. The van der Waals surface area contributed by atoms with Crippen molar-refractivity contribution in [1.29, 1.82) is 0 Å². The summed E-state index contributed by atoms with van der Waals surface area (Å²) in [7, 11) is 0. The first kappa shape index (κ1) is 27.4. The van der Waals surface area contributed by atoms with Crippen LogP contribution in [0.1, 0.15) is 19.4 Å². The molecule has 0 aliphatic rings. The number of aliphatic hydroxyl groups excluding tert-OH is 2. The number of aliphatic carboxylic acids is 1. The lowest BCUT2D eigenvalue weighted by atomic mass is 10.1. The predicted octanol–water partition coefficient (Wildman–Crippen LogP) is -2.21. The zero-order valence-corrected chi connectivity index (χ0v) is 18.7. The van der Waals surface area contributed by atoms with Crippen LogP contribution >= 0.6 is 12.6 Å². The molecule has 0 radical (unpaired) electrons. The van der Waals surface area contributed by atoms with Crippen LogP contribution in [-0.4, -0.2) is 81.1 Å². The van der Waals surface area contributed by atoms with E-state index in [0.717, 1.165) is 0 Å². The minimum Gasteiger partial charge on any atom is -0.480 e. The van der Waals surface area contributed by atoms with Gasteiger partial charge in [-0.25, -0.2) is 4.79 Å². The van der Waals surface area contributed by atoms with Crippen molar-refractivity contribution in [3.05, 3.63) is 35.9 Å². The lowest BCUT2D eigenvalue weighted by molar-refractivity contribution is -0.142. The Bertz CT molecular complexity index is 791. The molecule has 32 heavy (non-hydrogen) atoms. The largest absolute Gasteiger partial charge is 0.480 e. The number of carboxylic acids is 1. The van der Waals surface area contributed by atoms with Gasteiger partial charge in [-0.3, -0.25) is 14.4 Å². The number of aliphatic hydroxyl groups is 2. The van der Waals surface area contributed by atoms with Crippen molar-refractivity contribution in [3.63, 3.8) is 0 Å². The first-order valence-corrected chi connectivity index (χ1v) is 10.5. The quantitative estimate of drug-likeness (QED) is 0.158. The standard InChI is InChI=1S/C20H30N4O7S/c1-10(25)15(21)18(28)24-16(11(2)26)19(29)23-14(9-32)17(27)22-13(20(30)31)8-12-6-4-3-5-7-12/h3-7,10-11,13-16,25-26,32H,8-9,21H2,1-2H3,(H,22,27)(H,23,29)(H,24,28)(H,30,31). The summed E-state index contributed by atoms with van der Waals surface area (Å²) in [4.78, 5) is 48.8. The van der Waals surface area contributed by atoms with Crippen LogP contribution in [0.3, 0.4) is 0 Å². The molecule has 0 aliphatic heterocycles. The average Bonchev–Trinajstić information content (AvgIpc) is 2.74. The van der Waals surface area contributed by atoms with Crippen molar-refractivity contribution < 1.29 is 34.5 Å². The summed E-state index contributed by atoms with van der Waals surface area (Å²) in [6.07, 6.45) is -2.52. The molecule has 1 aromatic carbocycles. The summed E-state index contributed by atoms with van der Waals surface area (Å²) in [5.41, 5.74) is 6.22. The van der Waals surface area contributed by atoms with E-state index in [1.807, 2.05) is 0 Å². The normalized spacial score (nSPS) is 16.6. The van der Waals surface area contributed by atoms with Crippen molar-refractivity contribution in [2.24, 2.45) is 5.73 Å². The molecule has 11 nitrogen and oxygen atoms in total. The molecule has 0 heterocycles. The Morgan fingerprint density at radius 1 is 0.906 bits per heavy atom. The van der Waals surface area contributed by atoms with Crippen molar-refractivity contribution in [2.45, 2.75) is 56.6 Å². The van der Waals surface area contributed by atoms with Crippen LogP contribution in [0.15, 0.2) is 30.3 Å². The van der Waals surface area contributed by atoms with E-state index in [-0.39, 0.29) is 12.2 Å². The highest BCUT2D eigenvalue weighted by molar-refractivity contribution is 7.80. The molecule has 3 amide bonds. The molecule has 178 valence electrons. The summed E-state index contributed by atoms with van der Waals surface area (Å²) in [6.45, 7) is 2.53. The van der Waals surface area contributed by atoms with E-state index in [1.165, 1.54) is 13.8 Å². The number of hydrogen-bond acceptors (Lipinski definition) is 8. The minimum absolute atomic E-state index is 0.0265. The van der Waals surface area contributed by atoms with Crippen LogP contribution in [0.5, 0.6) is 0 Å². The molecule has 0 bridgehead atoms. The number of rotatable bonds is 12. The SMILES string of the molecule is CC(O)C(N)C(=O)NC(C(=O)NC(CS)C(=O)NC(Cc1ccccc1)C(=O)O)C(C)O. The van der Waals surface area contributed by atoms with Crippen molar-refractivity contribution in [2.75, 3.05) is 5.75 Å². The van der Waals surface area contributed by atoms with Gasteiger partial charge in [-0.15, -0.1) is 0 Å². The van der Waals surface area contributed by atoms with Gasteiger partial charge in [-0.05, 0) is 19.4 Å². The van der Waals surface area contributed by atoms with Crippen LogP contribution in [-0.2, 0) is 25.6 Å². The van der Waals surface area contributed by atoms with Crippen LogP contribution in [0.4, 0.5) is 0 Å². The Morgan fingerprint density at radius 3 is 1.94 bits per heavy atom. The van der Waals surface area contributed by atoms with Gasteiger partial charge < -0.3 is 37.0 Å². The maximum absolute atomic E-state index is 12.6. The zero-order valence-electron chi connectivity index (χ0n) is 17.8. The predicted molar refractivity (Wildman–Crippen MR) is 119 cm³/mol. The summed E-state index contributed by atoms with van der Waals surface area (Å²) >= 11 is 4.03. The van der Waals surface area contributed by atoms with Crippen molar-refractivity contribution in [3.8, 4) is 0 Å². The second-order valence-electron chi connectivity index (χ2n) is 7.33. The molecular weight excluding hydrogens is 440 g/mol. The molecule has 0 spiro atoms. The summed E-state index contributed by atoms with van der Waals surface area (Å²) < 4.78 is 0. The van der Waals surface area contributed by atoms with Gasteiger partial charge in [0.1, 0.15) is 24.2 Å². The molecule has 0 saturated carbocycles. The number of amides is 3. The van der Waals surface area contributed by atoms with Gasteiger partial charge in [-0.2, -0.15) is 12.6 Å². The molecule has 0 fully saturated rings. The lowest BCUT2D eigenvalue weighted by Crippen LogP contribution is -2.61. The molecule has 12 heteroatoms. The lowest BCUT2D eigenvalue weighted by Gasteiger charge is -2.26. The highest BCUT2D eigenvalue weighted by atomic mass is 32.1. The first-order valence-electron chi connectivity index (χ1n) is 9.88. The van der Waals surface area contributed by atoms with E-state index >= 15 is 0 Å². The summed E-state index contributed by atoms with van der Waals surface area (Å²) in [5.74, 6) is -4.01. The number of carboxylic acid groups (broad SMARTS) is 1. The van der Waals surface area contributed by atoms with Gasteiger partial charge in [0.2, 0.25) is 17.7 Å². The molecule has 1 aromatic rings. The van der Waals surface area contributed by atoms with Crippen molar-refractivity contribution >= 4 is 36.3 Å². The topological polar surface area (TPSA) is 191 Å². The molecular formula is C20H30N4O7S. The first-order chi connectivity index (χ1) is 15.0. The molecule has 0 aliphatic carbocycles. The monoisotopic (exact) mass is 470 g/mol. The Kier molecular flexibility index (Phi) is 11.1. The molecule has 6 unspecified atom stereocenters. The molecule has 0 aromatic heterocycles. The van der Waals surface area contributed by atoms with Gasteiger partial charge in [-0.1, -0.05) is 30.3 Å². The number of nitrogens with one attached hydrogen (secondary N) is 3. The van der Waals surface area contributed by atoms with Gasteiger partial charge in [0.05, 0.1) is 12.2 Å². The summed E-state index contributed by atoms with van der Waals surface area (Å²) in [5, 5.41) is 35.6. The van der Waals surface area contributed by atoms with Crippen LogP contribution < -0.4 is 21.7 Å². The van der Waals surface area contributed by atoms with E-state index in [0.29, 0.717) is 5.56 Å². The van der Waals surface area contributed by atoms with Crippen LogP contribution in [0, 0.1) is 0 Å². The number of thiol groups is 1. The molecule has 1 rings (SSSR count). The Hall–Kier alpha value is -2.67. The smallest absolute Gasteiger partial charge is 0.326 e. The zero-order chi connectivity index (χ0) is 24.4. The third-order valence-corrected chi connectivity index (χ3v) is 4.96. The molecule has 8 N–H and O–H groups in total. The van der Waals surface area contributed by atoms with E-state index in [1.54, 1.807) is 30.3 Å². The van der Waals surface area contributed by atoms with Gasteiger partial charge in [0, 0.05) is 12.2 Å². The fourth-order valence-corrected chi connectivity index (χ4v) is 2.91. The third-order valence-electron chi connectivity index (χ3n) is 4.60. The number of nitrogens with two attached hydrogens (primary N) is 1. The van der Waals surface area contributed by atoms with Crippen molar-refractivity contribution in [1.82, 2.24) is 16.0 Å². The molecule has 0 saturated heterocycles. The van der Waals surface area contributed by atoms with Crippen LogP contribution in [0.25, 0.3) is 0 Å². The van der Waals surface area contributed by atoms with Gasteiger partial charge in [0.15, 0.2) is 0 Å². The number of hydrogen-bond donors (Lipinski definition) is 8. The van der Waals surface area contributed by atoms with Crippen LogP contribution in [0.2, 0.25) is 0 Å². The maximum Gasteiger partial charge on any atom is 0.326 e. The maximum atomic E-state index is 12.6. The van der Waals surface area contributed by atoms with E-state index in [9.17, 15) is 34.5 Å². The van der Waals surface area contributed by atoms with Gasteiger partial charge >= 0.3 is 5.97 Å². The second kappa shape index (κ2) is 13.0. The van der Waals surface area contributed by atoms with E-state index in [2.05, 4.69) is 28.6 Å². The number of carbonyl (C=O) groups is 4. The Labute approximate surface area is 191 Å². The minimum atomic E-state index is -1.47. The van der Waals surface area contributed by atoms with Gasteiger partial charge in [0.25, 0.3) is 0 Å². The highest BCUT2D eigenvalue weighted by Gasteiger charge is 2.32. The number of benzene rings is 1. The van der Waals surface area contributed by atoms with E-state index in [4.69, 9.17) is 5.73 Å². The number of carbonyl (C=O) groups excluding carboxylic acids is 3. The fourth-order valence-electron chi connectivity index (χ4n) is 2.65. The highest BCUT2D eigenvalue weighted by Crippen LogP contribution is 2.05. The Morgan fingerprint density at radius 2 is 1.47 bits per heavy atom. The summed E-state index contributed by atoms with van der Waals surface area (Å²) in [6, 6.07) is 3.38. The second-order valence-corrected chi connectivity index (χ2v) is 7.69. The fraction of sp³-hybridized carbons (Fsp3) is 0.500.